The molecule has 36 valence electrons. The number of rotatable bonds is 2. The maximum absolute atomic E-state index is 3.19. The van der Waals surface area contributed by atoms with Crippen LogP contribution in [0.15, 0.2) is 9.96 Å². The van der Waals surface area contributed by atoms with Gasteiger partial charge in [-0.1, -0.05) is 0 Å². The number of halogens is 1. The Morgan fingerprint density at radius 3 is 2.67 bits per heavy atom. The summed E-state index contributed by atoms with van der Waals surface area (Å²) in [5.74, 6) is 0. The second-order valence-corrected chi connectivity index (χ2v) is 3.73. The van der Waals surface area contributed by atoms with E-state index in [2.05, 4.69) is 27.8 Å². The Balaban J connectivity index is 2.66. The zero-order valence-corrected chi connectivity index (χ0v) is 6.95. The van der Waals surface area contributed by atoms with Gasteiger partial charge >= 0.3 is 53.1 Å². The van der Waals surface area contributed by atoms with Crippen molar-refractivity contribution in [2.75, 3.05) is 0 Å². The molecule has 0 unspecified atom stereocenters. The second kappa shape index (κ2) is 5.74. The van der Waals surface area contributed by atoms with Crippen LogP contribution < -0.4 is 0 Å². The van der Waals surface area contributed by atoms with Gasteiger partial charge in [0.1, 0.15) is 0 Å². The summed E-state index contributed by atoms with van der Waals surface area (Å²) in [7, 11) is 0. The van der Waals surface area contributed by atoms with Gasteiger partial charge in [0.2, 0.25) is 0 Å². The Kier molecular flexibility index (Phi) is 6.45. The molecule has 0 fully saturated rings. The molecule has 0 atom stereocenters. The van der Waals surface area contributed by atoms with Crippen molar-refractivity contribution in [2.45, 2.75) is 12.2 Å². The van der Waals surface area contributed by atoms with Crippen LogP contribution >= 0.6 is 15.9 Å². The molecule has 0 aromatic carbocycles. The molecule has 0 heterocycles. The van der Waals surface area contributed by atoms with E-state index in [1.54, 1.807) is 0 Å². The predicted molar refractivity (Wildman–Crippen MR) is 34.3 cm³/mol. The summed E-state index contributed by atoms with van der Waals surface area (Å²) >= 11 is 3.92. The fourth-order valence-corrected chi connectivity index (χ4v) is 1.48. The van der Waals surface area contributed by atoms with E-state index in [1.165, 1.54) is 5.32 Å². The normalized spacial score (nSPS) is 10.3. The van der Waals surface area contributed by atoms with Crippen molar-refractivity contribution in [2.24, 2.45) is 0 Å². The Morgan fingerprint density at radius 2 is 2.50 bits per heavy atom. The maximum atomic E-state index is 3.19. The van der Waals surface area contributed by atoms with Crippen LogP contribution in [0.25, 0.3) is 0 Å². The van der Waals surface area contributed by atoms with Crippen LogP contribution in [0.1, 0.15) is 6.92 Å². The topological polar surface area (TPSA) is 0 Å². The quantitative estimate of drug-likeness (QED) is 0.616. The second-order valence-electron chi connectivity index (χ2n) is 0.717. The van der Waals surface area contributed by atoms with Crippen LogP contribution in [0.4, 0.5) is 0 Å². The minimum absolute atomic E-state index is 0.740. The molecule has 0 spiro atoms. The minimum atomic E-state index is 0.740. The van der Waals surface area contributed by atoms with Gasteiger partial charge in [0.25, 0.3) is 0 Å². The average molecular weight is 214 g/mol. The molecule has 0 amide bonds. The van der Waals surface area contributed by atoms with Crippen molar-refractivity contribution in [3.05, 3.63) is 9.96 Å². The molecule has 0 rings (SSSR count). The van der Waals surface area contributed by atoms with Gasteiger partial charge in [-0.25, -0.2) is 0 Å². The van der Waals surface area contributed by atoms with Crippen LogP contribution in [0.2, 0.25) is 5.32 Å². The van der Waals surface area contributed by atoms with E-state index in [1.807, 2.05) is 4.99 Å². The number of hydrogen-bond acceptors (Lipinski definition) is 0. The fourth-order valence-electron chi connectivity index (χ4n) is 0.133. The van der Waals surface area contributed by atoms with E-state index >= 15 is 0 Å². The summed E-state index contributed by atoms with van der Waals surface area (Å²) in [4.78, 5) is 4.09. The van der Waals surface area contributed by atoms with Crippen molar-refractivity contribution >= 4 is 30.9 Å². The first-order valence-electron chi connectivity index (χ1n) is 1.78. The molecular formula is C4H7BrSe. The Morgan fingerprint density at radius 1 is 1.83 bits per heavy atom. The van der Waals surface area contributed by atoms with Crippen LogP contribution in [0.5, 0.6) is 0 Å². The molecule has 0 aromatic rings. The molecule has 0 bridgehead atoms. The zero-order valence-electron chi connectivity index (χ0n) is 3.65. The van der Waals surface area contributed by atoms with E-state index in [4.69, 9.17) is 0 Å². The Labute approximate surface area is 53.3 Å². The Bertz CT molecular complexity index is 42.8. The summed E-state index contributed by atoms with van der Waals surface area (Å²) in [6.07, 6.45) is 0. The van der Waals surface area contributed by atoms with E-state index in [-0.39, 0.29) is 0 Å². The van der Waals surface area contributed by atoms with E-state index < -0.39 is 0 Å². The van der Waals surface area contributed by atoms with Crippen LogP contribution in [-0.4, -0.2) is 15.0 Å². The van der Waals surface area contributed by atoms with Gasteiger partial charge in [0.05, 0.1) is 0 Å². The summed E-state index contributed by atoms with van der Waals surface area (Å²) in [5.41, 5.74) is 0. The van der Waals surface area contributed by atoms with E-state index in [0.29, 0.717) is 0 Å². The van der Waals surface area contributed by atoms with Crippen molar-refractivity contribution in [1.29, 1.82) is 0 Å². The number of hydrogen-bond donors (Lipinski definition) is 0. The Hall–Kier alpha value is 0.739. The third-order valence-electron chi connectivity index (χ3n) is 0.314. The molecule has 0 radical (unpaired) electrons. The molecule has 0 aliphatic rings. The first-order chi connectivity index (χ1) is 2.91. The van der Waals surface area contributed by atoms with Gasteiger partial charge in [-0.2, -0.15) is 0 Å². The summed E-state index contributed by atoms with van der Waals surface area (Å²) in [5, 5.41) is 1.30. The zero-order chi connectivity index (χ0) is 4.83. The molecule has 0 aromatic heterocycles. The van der Waals surface area contributed by atoms with Crippen molar-refractivity contribution < 1.29 is 0 Å². The van der Waals surface area contributed by atoms with E-state index in [9.17, 15) is 0 Å². The molecule has 0 aliphatic carbocycles. The molecular weight excluding hydrogens is 207 g/mol. The van der Waals surface area contributed by atoms with Gasteiger partial charge in [-0.15, -0.1) is 0 Å². The van der Waals surface area contributed by atoms with Gasteiger partial charge in [0, 0.05) is 0 Å². The fraction of sp³-hybridized carbons (Fsp3) is 0.500. The third-order valence-corrected chi connectivity index (χ3v) is 2.75. The molecule has 6 heavy (non-hydrogen) atoms. The van der Waals surface area contributed by atoms with Crippen LogP contribution in [0, 0.1) is 0 Å². The van der Waals surface area contributed by atoms with Crippen molar-refractivity contribution in [3.8, 4) is 0 Å². The first-order valence-corrected chi connectivity index (χ1v) is 4.90. The molecule has 0 saturated heterocycles. The predicted octanol–water partition coefficient (Wildman–Crippen LogP) is 1.99. The van der Waals surface area contributed by atoms with Crippen molar-refractivity contribution in [3.63, 3.8) is 0 Å². The molecule has 0 saturated carbocycles. The van der Waals surface area contributed by atoms with Crippen molar-refractivity contribution in [1.82, 2.24) is 0 Å². The van der Waals surface area contributed by atoms with Gasteiger partial charge in [-0.05, 0) is 0 Å². The molecule has 0 aliphatic heterocycles. The SMILES string of the molecule is CC[Se]/C=C/Br. The summed E-state index contributed by atoms with van der Waals surface area (Å²) in [6.45, 7) is 2.19. The standard InChI is InChI=1S/C4H7BrSe/c1-2-6-4-3-5/h3-4H,2H2,1H3/b4-3+. The van der Waals surface area contributed by atoms with Crippen LogP contribution in [-0.2, 0) is 0 Å². The van der Waals surface area contributed by atoms with Crippen LogP contribution in [0.3, 0.4) is 0 Å². The molecule has 2 heteroatoms. The first kappa shape index (κ1) is 6.74. The third kappa shape index (κ3) is 4.74. The monoisotopic (exact) mass is 214 g/mol. The molecule has 0 nitrogen and oxygen atoms in total. The van der Waals surface area contributed by atoms with Gasteiger partial charge in [0.15, 0.2) is 0 Å². The van der Waals surface area contributed by atoms with Gasteiger partial charge < -0.3 is 0 Å². The van der Waals surface area contributed by atoms with E-state index in [0.717, 1.165) is 15.0 Å². The summed E-state index contributed by atoms with van der Waals surface area (Å²) < 4.78 is 0. The average Bonchev–Trinajstić information content (AvgIpc) is 1.61. The van der Waals surface area contributed by atoms with Gasteiger partial charge in [-0.3, -0.25) is 0 Å². The summed E-state index contributed by atoms with van der Waals surface area (Å²) in [6, 6.07) is 0. The molecule has 0 N–H and O–H groups in total.